The first-order valence-corrected chi connectivity index (χ1v) is 4.29. The highest BCUT2D eigenvalue weighted by Crippen LogP contribution is 2.29. The third-order valence-electron chi connectivity index (χ3n) is 1.98. The van der Waals surface area contributed by atoms with Crippen molar-refractivity contribution in [2.24, 2.45) is 0 Å². The average molecular weight is 201 g/mol. The van der Waals surface area contributed by atoms with Gasteiger partial charge in [-0.05, 0) is 13.1 Å². The van der Waals surface area contributed by atoms with Crippen molar-refractivity contribution in [2.45, 2.75) is 13.0 Å². The number of methoxy groups -OCH3 is 1. The summed E-state index contributed by atoms with van der Waals surface area (Å²) in [6.07, 6.45) is -2.46. The fraction of sp³-hybridized carbons (Fsp3) is 0.400. The number of hydrogen-bond donors (Lipinski definition) is 1. The summed E-state index contributed by atoms with van der Waals surface area (Å²) in [5, 5.41) is 2.84. The first-order valence-electron chi connectivity index (χ1n) is 4.29. The maximum atomic E-state index is 12.6. The molecule has 0 aliphatic heterocycles. The van der Waals surface area contributed by atoms with Gasteiger partial charge in [-0.3, -0.25) is 0 Å². The number of hydrogen-bond acceptors (Lipinski definition) is 2. The van der Waals surface area contributed by atoms with Gasteiger partial charge in [0.1, 0.15) is 5.75 Å². The van der Waals surface area contributed by atoms with Gasteiger partial charge in [-0.2, -0.15) is 0 Å². The van der Waals surface area contributed by atoms with Crippen molar-refractivity contribution in [2.75, 3.05) is 14.2 Å². The lowest BCUT2D eigenvalue weighted by Gasteiger charge is -2.12. The van der Waals surface area contributed by atoms with Crippen LogP contribution in [0.1, 0.15) is 17.6 Å². The van der Waals surface area contributed by atoms with Crippen LogP contribution in [0.2, 0.25) is 0 Å². The summed E-state index contributed by atoms with van der Waals surface area (Å²) in [4.78, 5) is 0. The molecule has 0 heterocycles. The molecule has 0 radical (unpaired) electrons. The topological polar surface area (TPSA) is 21.3 Å². The molecule has 0 fully saturated rings. The fourth-order valence-electron chi connectivity index (χ4n) is 1.34. The zero-order valence-corrected chi connectivity index (χ0v) is 8.18. The largest absolute Gasteiger partial charge is 0.496 e. The molecule has 0 bridgehead atoms. The van der Waals surface area contributed by atoms with Gasteiger partial charge < -0.3 is 10.1 Å². The number of rotatable bonds is 4. The van der Waals surface area contributed by atoms with E-state index in [1.165, 1.54) is 13.2 Å². The lowest BCUT2D eigenvalue weighted by molar-refractivity contribution is 0.149. The molecule has 78 valence electrons. The van der Waals surface area contributed by atoms with Gasteiger partial charge in [-0.15, -0.1) is 0 Å². The minimum Gasteiger partial charge on any atom is -0.496 e. The molecule has 0 aromatic heterocycles. The second kappa shape index (κ2) is 4.91. The van der Waals surface area contributed by atoms with Crippen LogP contribution in [-0.4, -0.2) is 14.2 Å². The SMILES string of the molecule is CNCc1c(OC)cccc1C(F)F. The highest BCUT2D eigenvalue weighted by molar-refractivity contribution is 5.40. The fourth-order valence-corrected chi connectivity index (χ4v) is 1.34. The Morgan fingerprint density at radius 3 is 2.64 bits per heavy atom. The summed E-state index contributed by atoms with van der Waals surface area (Å²) in [6.45, 7) is 0.379. The van der Waals surface area contributed by atoms with Crippen molar-refractivity contribution in [1.82, 2.24) is 5.32 Å². The van der Waals surface area contributed by atoms with E-state index in [2.05, 4.69) is 5.32 Å². The number of nitrogens with one attached hydrogen (secondary N) is 1. The van der Waals surface area contributed by atoms with Crippen LogP contribution in [0, 0.1) is 0 Å². The van der Waals surface area contributed by atoms with Crippen molar-refractivity contribution >= 4 is 0 Å². The first-order chi connectivity index (χ1) is 6.70. The molecule has 0 unspecified atom stereocenters. The molecule has 1 N–H and O–H groups in total. The molecule has 0 aliphatic rings. The van der Waals surface area contributed by atoms with E-state index in [-0.39, 0.29) is 5.56 Å². The van der Waals surface area contributed by atoms with Gasteiger partial charge in [0.2, 0.25) is 0 Å². The lowest BCUT2D eigenvalue weighted by atomic mass is 10.1. The van der Waals surface area contributed by atoms with Crippen LogP contribution in [0.15, 0.2) is 18.2 Å². The van der Waals surface area contributed by atoms with E-state index in [9.17, 15) is 8.78 Å². The maximum Gasteiger partial charge on any atom is 0.264 e. The van der Waals surface area contributed by atoms with Gasteiger partial charge in [0.15, 0.2) is 0 Å². The quantitative estimate of drug-likeness (QED) is 0.807. The van der Waals surface area contributed by atoms with Gasteiger partial charge in [-0.1, -0.05) is 12.1 Å². The van der Waals surface area contributed by atoms with Crippen LogP contribution >= 0.6 is 0 Å². The van der Waals surface area contributed by atoms with E-state index < -0.39 is 6.43 Å². The number of halogens is 2. The molecule has 0 spiro atoms. The predicted molar refractivity (Wildman–Crippen MR) is 50.7 cm³/mol. The van der Waals surface area contributed by atoms with Crippen LogP contribution in [0.3, 0.4) is 0 Å². The van der Waals surface area contributed by atoms with Gasteiger partial charge in [-0.25, -0.2) is 8.78 Å². The van der Waals surface area contributed by atoms with E-state index in [4.69, 9.17) is 4.74 Å². The summed E-state index contributed by atoms with van der Waals surface area (Å²) in [7, 11) is 3.19. The van der Waals surface area contributed by atoms with Crippen molar-refractivity contribution < 1.29 is 13.5 Å². The zero-order chi connectivity index (χ0) is 10.6. The summed E-state index contributed by atoms with van der Waals surface area (Å²) < 4.78 is 30.2. The van der Waals surface area contributed by atoms with E-state index >= 15 is 0 Å². The van der Waals surface area contributed by atoms with E-state index in [0.29, 0.717) is 17.9 Å². The third kappa shape index (κ3) is 2.20. The van der Waals surface area contributed by atoms with Gasteiger partial charge >= 0.3 is 0 Å². The Bertz CT molecular complexity index is 302. The van der Waals surface area contributed by atoms with Crippen molar-refractivity contribution in [3.05, 3.63) is 29.3 Å². The Balaban J connectivity index is 3.13. The van der Waals surface area contributed by atoms with Crippen molar-refractivity contribution in [3.63, 3.8) is 0 Å². The molecule has 0 atom stereocenters. The summed E-state index contributed by atoms with van der Waals surface area (Å²) in [6, 6.07) is 4.66. The summed E-state index contributed by atoms with van der Waals surface area (Å²) in [5.41, 5.74) is 0.547. The van der Waals surface area contributed by atoms with Crippen LogP contribution in [-0.2, 0) is 6.54 Å². The maximum absolute atomic E-state index is 12.6. The molecule has 0 saturated heterocycles. The van der Waals surface area contributed by atoms with Crippen LogP contribution in [0.25, 0.3) is 0 Å². The molecule has 0 saturated carbocycles. The normalized spacial score (nSPS) is 10.6. The third-order valence-corrected chi connectivity index (χ3v) is 1.98. The molecule has 14 heavy (non-hydrogen) atoms. The van der Waals surface area contributed by atoms with Crippen LogP contribution < -0.4 is 10.1 Å². The second-order valence-corrected chi connectivity index (χ2v) is 2.86. The minimum absolute atomic E-state index is 0.0266. The molecule has 0 amide bonds. The molecule has 1 rings (SSSR count). The summed E-state index contributed by atoms with van der Waals surface area (Å²) >= 11 is 0. The van der Waals surface area contributed by atoms with Gasteiger partial charge in [0.25, 0.3) is 6.43 Å². The molecule has 2 nitrogen and oxygen atoms in total. The second-order valence-electron chi connectivity index (χ2n) is 2.86. The molecule has 4 heteroatoms. The Kier molecular flexibility index (Phi) is 3.83. The smallest absolute Gasteiger partial charge is 0.264 e. The van der Waals surface area contributed by atoms with Crippen LogP contribution in [0.5, 0.6) is 5.75 Å². The molecule has 1 aromatic rings. The number of benzene rings is 1. The highest BCUT2D eigenvalue weighted by Gasteiger charge is 2.15. The van der Waals surface area contributed by atoms with Crippen LogP contribution in [0.4, 0.5) is 8.78 Å². The molecular weight excluding hydrogens is 188 g/mol. The molecular formula is C10H13F2NO. The van der Waals surface area contributed by atoms with E-state index in [1.54, 1.807) is 19.2 Å². The Morgan fingerprint density at radius 1 is 1.43 bits per heavy atom. The first kappa shape index (κ1) is 10.9. The Hall–Kier alpha value is -1.16. The van der Waals surface area contributed by atoms with Gasteiger partial charge in [0, 0.05) is 17.7 Å². The predicted octanol–water partition coefficient (Wildman–Crippen LogP) is 2.35. The Labute approximate surface area is 81.9 Å². The van der Waals surface area contributed by atoms with Gasteiger partial charge in [0.05, 0.1) is 7.11 Å². The summed E-state index contributed by atoms with van der Waals surface area (Å²) in [5.74, 6) is 0.497. The van der Waals surface area contributed by atoms with Crippen molar-refractivity contribution in [3.8, 4) is 5.75 Å². The molecule has 1 aromatic carbocycles. The standard InChI is InChI=1S/C10H13F2NO/c1-13-6-8-7(10(11)12)4-3-5-9(8)14-2/h3-5,10,13H,6H2,1-2H3. The Morgan fingerprint density at radius 2 is 2.14 bits per heavy atom. The average Bonchev–Trinajstić information content (AvgIpc) is 2.18. The monoisotopic (exact) mass is 201 g/mol. The van der Waals surface area contributed by atoms with E-state index in [1.807, 2.05) is 0 Å². The lowest BCUT2D eigenvalue weighted by Crippen LogP contribution is -2.09. The van der Waals surface area contributed by atoms with E-state index in [0.717, 1.165) is 0 Å². The molecule has 0 aliphatic carbocycles. The minimum atomic E-state index is -2.46. The highest BCUT2D eigenvalue weighted by atomic mass is 19.3. The zero-order valence-electron chi connectivity index (χ0n) is 8.18. The van der Waals surface area contributed by atoms with Crippen molar-refractivity contribution in [1.29, 1.82) is 0 Å². The number of alkyl halides is 2. The number of ether oxygens (including phenoxy) is 1.